The minimum absolute atomic E-state index is 0.0665. The summed E-state index contributed by atoms with van der Waals surface area (Å²) >= 11 is 3.48. The summed E-state index contributed by atoms with van der Waals surface area (Å²) in [5.41, 5.74) is 3.02. The molecule has 27 heavy (non-hydrogen) atoms. The minimum atomic E-state index is -0.434. The van der Waals surface area contributed by atoms with Crippen LogP contribution in [0.25, 0.3) is 0 Å². The zero-order valence-corrected chi connectivity index (χ0v) is 16.4. The molecule has 0 saturated carbocycles. The number of rotatable bonds is 8. The molecule has 1 unspecified atom stereocenters. The number of pyridine rings is 2. The average molecular weight is 425 g/mol. The van der Waals surface area contributed by atoms with Crippen LogP contribution in [0.5, 0.6) is 0 Å². The summed E-state index contributed by atoms with van der Waals surface area (Å²) < 4.78 is 0.944. The third-order valence-corrected chi connectivity index (χ3v) is 4.61. The molecule has 138 valence electrons. The first-order valence-electron chi connectivity index (χ1n) is 8.77. The Balaban J connectivity index is 1.66. The number of halogens is 1. The molecule has 1 atom stereocenters. The molecular formula is C21H21BrN4O. The van der Waals surface area contributed by atoms with Gasteiger partial charge in [0.05, 0.1) is 0 Å². The van der Waals surface area contributed by atoms with Crippen LogP contribution >= 0.6 is 15.9 Å². The highest BCUT2D eigenvalue weighted by Crippen LogP contribution is 2.19. The van der Waals surface area contributed by atoms with Gasteiger partial charge in [0.15, 0.2) is 0 Å². The number of nitrogens with one attached hydrogen (secondary N) is 2. The maximum absolute atomic E-state index is 12.8. The highest BCUT2D eigenvalue weighted by Gasteiger charge is 2.20. The van der Waals surface area contributed by atoms with Gasteiger partial charge in [-0.1, -0.05) is 40.2 Å². The SMILES string of the molecule is O=C(NCc1cccnc1)C(NCCc1cccnc1)c1cccc(Br)c1. The second-order valence-electron chi connectivity index (χ2n) is 6.13. The van der Waals surface area contributed by atoms with E-state index in [1.54, 1.807) is 18.6 Å². The van der Waals surface area contributed by atoms with Crippen molar-refractivity contribution in [2.45, 2.75) is 19.0 Å². The predicted octanol–water partition coefficient (Wildman–Crippen LogP) is 3.43. The van der Waals surface area contributed by atoms with Gasteiger partial charge in [0.1, 0.15) is 6.04 Å². The van der Waals surface area contributed by atoms with Gasteiger partial charge < -0.3 is 10.6 Å². The fourth-order valence-corrected chi connectivity index (χ4v) is 3.17. The van der Waals surface area contributed by atoms with Crippen molar-refractivity contribution in [3.8, 4) is 0 Å². The molecule has 2 N–H and O–H groups in total. The van der Waals surface area contributed by atoms with Gasteiger partial charge in [-0.15, -0.1) is 0 Å². The molecule has 0 bridgehead atoms. The summed E-state index contributed by atoms with van der Waals surface area (Å²) in [6.45, 7) is 1.12. The Morgan fingerprint density at radius 1 is 1.00 bits per heavy atom. The lowest BCUT2D eigenvalue weighted by Gasteiger charge is -2.19. The molecule has 1 aromatic carbocycles. The number of aromatic nitrogens is 2. The predicted molar refractivity (Wildman–Crippen MR) is 109 cm³/mol. The zero-order valence-electron chi connectivity index (χ0n) is 14.8. The summed E-state index contributed by atoms with van der Waals surface area (Å²) in [5, 5.41) is 6.37. The molecule has 0 fully saturated rings. The topological polar surface area (TPSA) is 66.9 Å². The lowest BCUT2D eigenvalue weighted by atomic mass is 10.1. The Morgan fingerprint density at radius 3 is 2.41 bits per heavy atom. The molecule has 3 aromatic rings. The van der Waals surface area contributed by atoms with Crippen molar-refractivity contribution < 1.29 is 4.79 Å². The lowest BCUT2D eigenvalue weighted by Crippen LogP contribution is -2.38. The second-order valence-corrected chi connectivity index (χ2v) is 7.05. The van der Waals surface area contributed by atoms with Crippen molar-refractivity contribution in [1.82, 2.24) is 20.6 Å². The van der Waals surface area contributed by atoms with E-state index in [1.165, 1.54) is 0 Å². The van der Waals surface area contributed by atoms with Gasteiger partial charge in [-0.2, -0.15) is 0 Å². The number of carbonyl (C=O) groups is 1. The molecule has 6 heteroatoms. The van der Waals surface area contributed by atoms with Gasteiger partial charge in [0, 0.05) is 42.3 Å². The molecule has 2 heterocycles. The normalized spacial score (nSPS) is 11.7. The minimum Gasteiger partial charge on any atom is -0.350 e. The van der Waals surface area contributed by atoms with Crippen LogP contribution in [0.15, 0.2) is 77.8 Å². The number of benzene rings is 1. The highest BCUT2D eigenvalue weighted by molar-refractivity contribution is 9.10. The number of nitrogens with zero attached hydrogens (tertiary/aromatic N) is 2. The first-order chi connectivity index (χ1) is 13.2. The van der Waals surface area contributed by atoms with Gasteiger partial charge >= 0.3 is 0 Å². The Hall–Kier alpha value is -2.57. The fourth-order valence-electron chi connectivity index (χ4n) is 2.75. The Morgan fingerprint density at radius 2 is 1.74 bits per heavy atom. The molecule has 1 amide bonds. The second kappa shape index (κ2) is 9.94. The van der Waals surface area contributed by atoms with E-state index >= 15 is 0 Å². The van der Waals surface area contributed by atoms with E-state index < -0.39 is 6.04 Å². The molecule has 0 aliphatic rings. The van der Waals surface area contributed by atoms with Crippen molar-refractivity contribution in [1.29, 1.82) is 0 Å². The van der Waals surface area contributed by atoms with Crippen LogP contribution < -0.4 is 10.6 Å². The largest absolute Gasteiger partial charge is 0.350 e. The van der Waals surface area contributed by atoms with Gasteiger partial charge in [-0.05, 0) is 47.4 Å². The summed E-state index contributed by atoms with van der Waals surface area (Å²) in [5.74, 6) is -0.0665. The number of amides is 1. The molecule has 0 radical (unpaired) electrons. The quantitative estimate of drug-likeness (QED) is 0.581. The van der Waals surface area contributed by atoms with E-state index in [9.17, 15) is 4.79 Å². The van der Waals surface area contributed by atoms with Crippen molar-refractivity contribution in [3.63, 3.8) is 0 Å². The van der Waals surface area contributed by atoms with E-state index in [2.05, 4.69) is 36.5 Å². The molecule has 5 nitrogen and oxygen atoms in total. The van der Waals surface area contributed by atoms with Crippen LogP contribution in [0.4, 0.5) is 0 Å². The van der Waals surface area contributed by atoms with Crippen LogP contribution in [0, 0.1) is 0 Å². The average Bonchev–Trinajstić information content (AvgIpc) is 2.71. The van der Waals surface area contributed by atoms with E-state index in [4.69, 9.17) is 0 Å². The van der Waals surface area contributed by atoms with Gasteiger partial charge in [0.25, 0.3) is 0 Å². The molecule has 0 aliphatic carbocycles. The first-order valence-corrected chi connectivity index (χ1v) is 9.56. The standard InChI is InChI=1S/C21H21BrN4O/c22-19-7-1-6-18(12-19)20(25-11-8-16-4-2-9-23-13-16)21(27)26-15-17-5-3-10-24-14-17/h1-7,9-10,12-14,20,25H,8,11,15H2,(H,26,27). The van der Waals surface area contributed by atoms with E-state index in [1.807, 2.05) is 54.7 Å². The van der Waals surface area contributed by atoms with Crippen LogP contribution in [-0.2, 0) is 17.8 Å². The molecule has 0 saturated heterocycles. The van der Waals surface area contributed by atoms with Crippen molar-refractivity contribution >= 4 is 21.8 Å². The summed E-state index contributed by atoms with van der Waals surface area (Å²) in [7, 11) is 0. The van der Waals surface area contributed by atoms with E-state index in [-0.39, 0.29) is 5.91 Å². The fraction of sp³-hybridized carbons (Fsp3) is 0.190. The van der Waals surface area contributed by atoms with Gasteiger partial charge in [-0.3, -0.25) is 14.8 Å². The van der Waals surface area contributed by atoms with E-state index in [0.29, 0.717) is 13.1 Å². The van der Waals surface area contributed by atoms with Crippen molar-refractivity contribution in [2.24, 2.45) is 0 Å². The Bertz CT molecular complexity index is 858. The maximum atomic E-state index is 12.8. The Labute approximate surface area is 167 Å². The van der Waals surface area contributed by atoms with E-state index in [0.717, 1.165) is 27.6 Å². The lowest BCUT2D eigenvalue weighted by molar-refractivity contribution is -0.123. The van der Waals surface area contributed by atoms with Crippen LogP contribution in [-0.4, -0.2) is 22.4 Å². The van der Waals surface area contributed by atoms with Crippen LogP contribution in [0.3, 0.4) is 0 Å². The van der Waals surface area contributed by atoms with Gasteiger partial charge in [0.2, 0.25) is 5.91 Å². The van der Waals surface area contributed by atoms with Crippen LogP contribution in [0.2, 0.25) is 0 Å². The summed E-state index contributed by atoms with van der Waals surface area (Å²) in [4.78, 5) is 21.1. The molecule has 0 spiro atoms. The highest BCUT2D eigenvalue weighted by atomic mass is 79.9. The number of hydrogen-bond acceptors (Lipinski definition) is 4. The summed E-state index contributed by atoms with van der Waals surface area (Å²) in [6, 6.07) is 15.1. The zero-order chi connectivity index (χ0) is 18.9. The first kappa shape index (κ1) is 19.2. The van der Waals surface area contributed by atoms with Crippen LogP contribution in [0.1, 0.15) is 22.7 Å². The number of carbonyl (C=O) groups excluding carboxylic acids is 1. The molecular weight excluding hydrogens is 404 g/mol. The molecule has 2 aromatic heterocycles. The third kappa shape index (κ3) is 5.98. The Kier molecular flexibility index (Phi) is 7.07. The number of hydrogen-bond donors (Lipinski definition) is 2. The van der Waals surface area contributed by atoms with Crippen molar-refractivity contribution in [3.05, 3.63) is 94.5 Å². The smallest absolute Gasteiger partial charge is 0.242 e. The molecule has 0 aliphatic heterocycles. The van der Waals surface area contributed by atoms with Crippen molar-refractivity contribution in [2.75, 3.05) is 6.54 Å². The summed E-state index contributed by atoms with van der Waals surface area (Å²) in [6.07, 6.45) is 7.87. The van der Waals surface area contributed by atoms with Gasteiger partial charge in [-0.25, -0.2) is 0 Å². The maximum Gasteiger partial charge on any atom is 0.242 e. The monoisotopic (exact) mass is 424 g/mol. The third-order valence-electron chi connectivity index (χ3n) is 4.12. The molecule has 3 rings (SSSR count).